The summed E-state index contributed by atoms with van der Waals surface area (Å²) in [6, 6.07) is 19.0. The zero-order chi connectivity index (χ0) is 20.9. The summed E-state index contributed by atoms with van der Waals surface area (Å²) < 4.78 is 41.0. The van der Waals surface area contributed by atoms with E-state index in [9.17, 15) is 17.6 Å². The molecule has 3 aromatic carbocycles. The van der Waals surface area contributed by atoms with Gasteiger partial charge >= 0.3 is 0 Å². The van der Waals surface area contributed by atoms with Crippen LogP contribution in [0.15, 0.2) is 72.8 Å². The number of benzene rings is 3. The second-order valence-electron chi connectivity index (χ2n) is 6.37. The molecule has 3 rings (SSSR count). The standard InChI is InChI=1S/C21H19FN2O4S/c22-17-9-5-15(6-10-17)13-28-20-4-2-1-3-19(20)21(25)24-18-11-7-16(8-12-18)14-29(23,26)27/h1-12H,13-14H2,(H,24,25)(H2,23,26,27). The van der Waals surface area contributed by atoms with Crippen molar-refractivity contribution in [3.63, 3.8) is 0 Å². The molecule has 3 aromatic rings. The predicted molar refractivity (Wildman–Crippen MR) is 108 cm³/mol. The van der Waals surface area contributed by atoms with Crippen LogP contribution in [0.3, 0.4) is 0 Å². The van der Waals surface area contributed by atoms with Crippen molar-refractivity contribution in [2.45, 2.75) is 12.4 Å². The maximum Gasteiger partial charge on any atom is 0.259 e. The van der Waals surface area contributed by atoms with E-state index >= 15 is 0 Å². The van der Waals surface area contributed by atoms with Gasteiger partial charge in [0.25, 0.3) is 5.91 Å². The molecule has 1 amide bonds. The number of primary sulfonamides is 1. The van der Waals surface area contributed by atoms with Gasteiger partial charge in [-0.3, -0.25) is 4.79 Å². The summed E-state index contributed by atoms with van der Waals surface area (Å²) >= 11 is 0. The molecule has 0 heterocycles. The van der Waals surface area contributed by atoms with Gasteiger partial charge in [0.2, 0.25) is 10.0 Å². The summed E-state index contributed by atoms with van der Waals surface area (Å²) in [6.07, 6.45) is 0. The van der Waals surface area contributed by atoms with Gasteiger partial charge in [0, 0.05) is 5.69 Å². The van der Waals surface area contributed by atoms with Gasteiger partial charge in [-0.15, -0.1) is 0 Å². The number of nitrogens with two attached hydrogens (primary N) is 1. The SMILES string of the molecule is NS(=O)(=O)Cc1ccc(NC(=O)c2ccccc2OCc2ccc(F)cc2)cc1. The molecule has 0 aliphatic heterocycles. The topological polar surface area (TPSA) is 98.5 Å². The molecule has 0 bridgehead atoms. The number of sulfonamides is 1. The maximum atomic E-state index is 13.0. The smallest absolute Gasteiger partial charge is 0.259 e. The molecule has 0 radical (unpaired) electrons. The molecule has 0 spiro atoms. The molecule has 0 saturated heterocycles. The van der Waals surface area contributed by atoms with Crippen LogP contribution < -0.4 is 15.2 Å². The van der Waals surface area contributed by atoms with Crippen LogP contribution in [0.25, 0.3) is 0 Å². The van der Waals surface area contributed by atoms with Gasteiger partial charge in [-0.05, 0) is 47.5 Å². The Hall–Kier alpha value is -3.23. The third-order valence-corrected chi connectivity index (χ3v) is 4.75. The fraction of sp³-hybridized carbons (Fsp3) is 0.0952. The number of carbonyl (C=O) groups excluding carboxylic acids is 1. The summed E-state index contributed by atoms with van der Waals surface area (Å²) in [6.45, 7) is 0.187. The van der Waals surface area contributed by atoms with E-state index in [0.29, 0.717) is 22.6 Å². The number of hydrogen-bond donors (Lipinski definition) is 2. The molecule has 0 saturated carbocycles. The zero-order valence-electron chi connectivity index (χ0n) is 15.3. The van der Waals surface area contributed by atoms with Crippen molar-refractivity contribution in [3.8, 4) is 5.75 Å². The van der Waals surface area contributed by atoms with E-state index in [1.165, 1.54) is 12.1 Å². The van der Waals surface area contributed by atoms with Gasteiger partial charge in [-0.1, -0.05) is 36.4 Å². The van der Waals surface area contributed by atoms with Crippen molar-refractivity contribution in [3.05, 3.63) is 95.3 Å². The molecule has 3 N–H and O–H groups in total. The lowest BCUT2D eigenvalue weighted by Gasteiger charge is -2.12. The molecule has 0 aliphatic carbocycles. The monoisotopic (exact) mass is 414 g/mol. The van der Waals surface area contributed by atoms with Crippen LogP contribution in [0.4, 0.5) is 10.1 Å². The average Bonchev–Trinajstić information content (AvgIpc) is 2.68. The average molecular weight is 414 g/mol. The van der Waals surface area contributed by atoms with Gasteiger partial charge in [-0.25, -0.2) is 17.9 Å². The number of para-hydroxylation sites is 1. The predicted octanol–water partition coefficient (Wildman–Crippen LogP) is 3.45. The van der Waals surface area contributed by atoms with E-state index in [0.717, 1.165) is 5.56 Å². The first kappa shape index (κ1) is 20.5. The summed E-state index contributed by atoms with van der Waals surface area (Å²) in [5, 5.41) is 7.77. The Morgan fingerprint density at radius 3 is 2.21 bits per heavy atom. The highest BCUT2D eigenvalue weighted by Crippen LogP contribution is 2.21. The van der Waals surface area contributed by atoms with Crippen LogP contribution in [-0.2, 0) is 22.4 Å². The number of halogens is 1. The quantitative estimate of drug-likeness (QED) is 0.619. The number of rotatable bonds is 7. The molecular formula is C21H19FN2O4S. The molecule has 0 aromatic heterocycles. The van der Waals surface area contributed by atoms with Gasteiger partial charge in [0.05, 0.1) is 11.3 Å². The Bertz CT molecular complexity index is 1100. The minimum atomic E-state index is -3.62. The van der Waals surface area contributed by atoms with Crippen LogP contribution in [0.2, 0.25) is 0 Å². The van der Waals surface area contributed by atoms with E-state index in [4.69, 9.17) is 9.88 Å². The van der Waals surface area contributed by atoms with Gasteiger partial charge in [-0.2, -0.15) is 0 Å². The van der Waals surface area contributed by atoms with E-state index in [1.807, 2.05) is 0 Å². The van der Waals surface area contributed by atoms with Gasteiger partial charge in [0.1, 0.15) is 18.2 Å². The zero-order valence-corrected chi connectivity index (χ0v) is 16.2. The Morgan fingerprint density at radius 2 is 1.55 bits per heavy atom. The Balaban J connectivity index is 1.68. The van der Waals surface area contributed by atoms with Crippen molar-refractivity contribution < 1.29 is 22.3 Å². The summed E-state index contributed by atoms with van der Waals surface area (Å²) in [5.41, 5.74) is 2.13. The highest BCUT2D eigenvalue weighted by molar-refractivity contribution is 7.88. The maximum absolute atomic E-state index is 13.0. The minimum Gasteiger partial charge on any atom is -0.488 e. The Labute approximate surface area is 168 Å². The molecule has 0 atom stereocenters. The molecule has 0 aliphatic rings. The van der Waals surface area contributed by atoms with Crippen molar-refractivity contribution >= 4 is 21.6 Å². The van der Waals surface area contributed by atoms with Crippen LogP contribution in [0.1, 0.15) is 21.5 Å². The van der Waals surface area contributed by atoms with Crippen LogP contribution in [0, 0.1) is 5.82 Å². The first-order valence-corrected chi connectivity index (χ1v) is 10.4. The lowest BCUT2D eigenvalue weighted by atomic mass is 10.1. The fourth-order valence-corrected chi connectivity index (χ4v) is 3.29. The second-order valence-corrected chi connectivity index (χ2v) is 7.98. The van der Waals surface area contributed by atoms with E-state index < -0.39 is 10.0 Å². The summed E-state index contributed by atoms with van der Waals surface area (Å²) in [7, 11) is -3.62. The molecule has 8 heteroatoms. The largest absolute Gasteiger partial charge is 0.488 e. The number of nitrogens with one attached hydrogen (secondary N) is 1. The van der Waals surface area contributed by atoms with Crippen LogP contribution >= 0.6 is 0 Å². The highest BCUT2D eigenvalue weighted by atomic mass is 32.2. The lowest BCUT2D eigenvalue weighted by molar-refractivity contribution is 0.102. The first-order chi connectivity index (χ1) is 13.8. The van der Waals surface area contributed by atoms with Crippen LogP contribution in [0.5, 0.6) is 5.75 Å². The number of amides is 1. The molecule has 0 fully saturated rings. The van der Waals surface area contributed by atoms with Crippen molar-refractivity contribution in [1.29, 1.82) is 0 Å². The number of ether oxygens (including phenoxy) is 1. The molecule has 0 unspecified atom stereocenters. The normalized spacial score (nSPS) is 11.1. The third kappa shape index (κ3) is 6.13. The van der Waals surface area contributed by atoms with Crippen molar-refractivity contribution in [1.82, 2.24) is 0 Å². The van der Waals surface area contributed by atoms with Crippen LogP contribution in [-0.4, -0.2) is 14.3 Å². The molecule has 150 valence electrons. The van der Waals surface area contributed by atoms with E-state index in [-0.39, 0.29) is 24.1 Å². The molecular weight excluding hydrogens is 395 g/mol. The lowest BCUT2D eigenvalue weighted by Crippen LogP contribution is -2.15. The van der Waals surface area contributed by atoms with E-state index in [1.54, 1.807) is 60.7 Å². The summed E-state index contributed by atoms with van der Waals surface area (Å²) in [4.78, 5) is 12.6. The molecule has 29 heavy (non-hydrogen) atoms. The van der Waals surface area contributed by atoms with Gasteiger partial charge in [0.15, 0.2) is 0 Å². The fourth-order valence-electron chi connectivity index (χ4n) is 2.64. The van der Waals surface area contributed by atoms with Crippen molar-refractivity contribution in [2.24, 2.45) is 5.14 Å². The van der Waals surface area contributed by atoms with Gasteiger partial charge < -0.3 is 10.1 Å². The second kappa shape index (κ2) is 8.85. The van der Waals surface area contributed by atoms with Crippen molar-refractivity contribution in [2.75, 3.05) is 5.32 Å². The Kier molecular flexibility index (Phi) is 6.26. The minimum absolute atomic E-state index is 0.187. The molecule has 6 nitrogen and oxygen atoms in total. The first-order valence-electron chi connectivity index (χ1n) is 8.67. The van der Waals surface area contributed by atoms with E-state index in [2.05, 4.69) is 5.32 Å². The number of hydrogen-bond acceptors (Lipinski definition) is 4. The highest BCUT2D eigenvalue weighted by Gasteiger charge is 2.13. The summed E-state index contributed by atoms with van der Waals surface area (Å²) in [5.74, 6) is -0.593. The third-order valence-electron chi connectivity index (χ3n) is 4.02. The number of anilines is 1. The number of carbonyl (C=O) groups is 1. The Morgan fingerprint density at radius 1 is 0.931 bits per heavy atom.